The molecular formula is C26H32N4O3. The summed E-state index contributed by atoms with van der Waals surface area (Å²) in [5.74, 6) is -0.738. The van der Waals surface area contributed by atoms with Crippen molar-refractivity contribution < 1.29 is 14.3 Å². The molecule has 3 rings (SSSR count). The van der Waals surface area contributed by atoms with E-state index < -0.39 is 11.9 Å². The van der Waals surface area contributed by atoms with Gasteiger partial charge < -0.3 is 4.74 Å². The van der Waals surface area contributed by atoms with Crippen LogP contribution in [0.4, 0.5) is 0 Å². The van der Waals surface area contributed by atoms with Gasteiger partial charge in [-0.25, -0.2) is 0 Å². The average molecular weight is 449 g/mol. The third kappa shape index (κ3) is 5.92. The van der Waals surface area contributed by atoms with Gasteiger partial charge in [0.1, 0.15) is 11.7 Å². The fourth-order valence-corrected chi connectivity index (χ4v) is 3.59. The van der Waals surface area contributed by atoms with E-state index in [1.165, 1.54) is 7.11 Å². The summed E-state index contributed by atoms with van der Waals surface area (Å²) < 4.78 is 4.89. The molecule has 0 saturated heterocycles. The predicted molar refractivity (Wildman–Crippen MR) is 127 cm³/mol. The van der Waals surface area contributed by atoms with Crippen molar-refractivity contribution in [3.63, 3.8) is 0 Å². The second-order valence-corrected chi connectivity index (χ2v) is 9.17. The molecule has 0 spiro atoms. The lowest BCUT2D eigenvalue weighted by Gasteiger charge is -2.15. The first-order valence-electron chi connectivity index (χ1n) is 11.3. The van der Waals surface area contributed by atoms with Crippen molar-refractivity contribution >= 4 is 11.8 Å². The number of ketones is 1. The number of aromatic nitrogens is 4. The molecule has 0 bridgehead atoms. The molecule has 1 atom stereocenters. The second-order valence-electron chi connectivity index (χ2n) is 9.17. The Labute approximate surface area is 195 Å². The molecule has 0 saturated carbocycles. The molecule has 0 aliphatic rings. The normalized spacial score (nSPS) is 12.4. The fourth-order valence-electron chi connectivity index (χ4n) is 3.59. The third-order valence-electron chi connectivity index (χ3n) is 5.54. The van der Waals surface area contributed by atoms with Crippen molar-refractivity contribution in [3.05, 3.63) is 54.1 Å². The summed E-state index contributed by atoms with van der Waals surface area (Å²) in [7, 11) is 1.33. The van der Waals surface area contributed by atoms with Gasteiger partial charge in [-0.05, 0) is 55.5 Å². The van der Waals surface area contributed by atoms with E-state index in [0.29, 0.717) is 18.7 Å². The van der Waals surface area contributed by atoms with E-state index in [2.05, 4.69) is 15.4 Å². The molecule has 0 fully saturated rings. The number of rotatable bonds is 9. The molecule has 1 unspecified atom stereocenters. The van der Waals surface area contributed by atoms with E-state index >= 15 is 0 Å². The van der Waals surface area contributed by atoms with Crippen LogP contribution >= 0.6 is 0 Å². The number of hydrogen-bond acceptors (Lipinski definition) is 6. The van der Waals surface area contributed by atoms with Gasteiger partial charge in [0.15, 0.2) is 0 Å². The van der Waals surface area contributed by atoms with Crippen molar-refractivity contribution in [3.8, 4) is 22.5 Å². The Hall–Kier alpha value is -3.35. The number of Topliss-reactive ketones (excluding diaryl/α,β-unsaturated/α-hetero) is 1. The zero-order valence-electron chi connectivity index (χ0n) is 20.0. The molecule has 1 heterocycles. The highest BCUT2D eigenvalue weighted by Gasteiger charge is 2.27. The lowest BCUT2D eigenvalue weighted by molar-refractivity contribution is -0.149. The molecule has 174 valence electrons. The van der Waals surface area contributed by atoms with Gasteiger partial charge >= 0.3 is 5.97 Å². The Kier molecular flexibility index (Phi) is 7.74. The number of esters is 1. The molecule has 1 aromatic heterocycles. The van der Waals surface area contributed by atoms with Crippen molar-refractivity contribution in [2.45, 2.75) is 58.9 Å². The molecule has 0 N–H and O–H groups in total. The summed E-state index contributed by atoms with van der Waals surface area (Å²) in [6.07, 6.45) is 2.41. The standard InChI is InChI=1S/C26H32N4O3/c1-6-7-12-23(31)22(25(32)33-5)17-18-13-15-19(16-14-18)20-10-8-9-11-21(20)24-27-29-30(28-24)26(2,3)4/h8-11,13-16,22H,6-7,12,17H2,1-5H3. The molecule has 0 radical (unpaired) electrons. The maximum absolute atomic E-state index is 12.5. The van der Waals surface area contributed by atoms with Crippen molar-refractivity contribution in [1.82, 2.24) is 20.2 Å². The number of unbranched alkanes of at least 4 members (excludes halogenated alkanes) is 1. The van der Waals surface area contributed by atoms with Gasteiger partial charge in [0.05, 0.1) is 12.6 Å². The quantitative estimate of drug-likeness (QED) is 0.343. The van der Waals surface area contributed by atoms with Gasteiger partial charge in [-0.15, -0.1) is 10.2 Å². The Bertz CT molecular complexity index is 1100. The molecule has 7 heteroatoms. The van der Waals surface area contributed by atoms with Crippen LogP contribution < -0.4 is 0 Å². The van der Waals surface area contributed by atoms with E-state index in [1.54, 1.807) is 4.80 Å². The highest BCUT2D eigenvalue weighted by atomic mass is 16.5. The number of nitrogens with zero attached hydrogens (tertiary/aromatic N) is 4. The van der Waals surface area contributed by atoms with E-state index in [9.17, 15) is 9.59 Å². The van der Waals surface area contributed by atoms with E-state index in [1.807, 2.05) is 76.2 Å². The van der Waals surface area contributed by atoms with Crippen LogP contribution in [0.3, 0.4) is 0 Å². The van der Waals surface area contributed by atoms with Gasteiger partial charge in [-0.1, -0.05) is 61.9 Å². The molecular weight excluding hydrogens is 416 g/mol. The third-order valence-corrected chi connectivity index (χ3v) is 5.54. The predicted octanol–water partition coefficient (Wildman–Crippen LogP) is 4.85. The van der Waals surface area contributed by atoms with Crippen LogP contribution in [0.25, 0.3) is 22.5 Å². The van der Waals surface area contributed by atoms with Gasteiger partial charge in [0, 0.05) is 12.0 Å². The van der Waals surface area contributed by atoms with Crippen LogP contribution in [0, 0.1) is 5.92 Å². The number of carbonyl (C=O) groups excluding carboxylic acids is 2. The first kappa shape index (κ1) is 24.3. The Morgan fingerprint density at radius 2 is 1.70 bits per heavy atom. The molecule has 2 aromatic carbocycles. The SMILES string of the molecule is CCCCC(=O)C(Cc1ccc(-c2ccccc2-c2nnn(C(C)(C)C)n2)cc1)C(=O)OC. The number of benzene rings is 2. The average Bonchev–Trinajstić information content (AvgIpc) is 3.32. The van der Waals surface area contributed by atoms with Crippen LogP contribution in [0.15, 0.2) is 48.5 Å². The molecule has 7 nitrogen and oxygen atoms in total. The van der Waals surface area contributed by atoms with Crippen LogP contribution in [0.1, 0.15) is 52.5 Å². The van der Waals surface area contributed by atoms with E-state index in [-0.39, 0.29) is 11.3 Å². The van der Waals surface area contributed by atoms with Crippen molar-refractivity contribution in [2.24, 2.45) is 5.92 Å². The maximum atomic E-state index is 12.5. The van der Waals surface area contributed by atoms with Crippen LogP contribution in [-0.4, -0.2) is 39.1 Å². The summed E-state index contributed by atoms with van der Waals surface area (Å²) in [5, 5.41) is 13.0. The lowest BCUT2D eigenvalue weighted by Crippen LogP contribution is -2.27. The zero-order chi connectivity index (χ0) is 24.0. The minimum atomic E-state index is -0.767. The van der Waals surface area contributed by atoms with Gasteiger partial charge in [0.25, 0.3) is 0 Å². The number of methoxy groups -OCH3 is 1. The van der Waals surface area contributed by atoms with Crippen LogP contribution in [0.5, 0.6) is 0 Å². The van der Waals surface area contributed by atoms with Crippen LogP contribution in [-0.2, 0) is 26.3 Å². The highest BCUT2D eigenvalue weighted by Crippen LogP contribution is 2.30. The Balaban J connectivity index is 1.85. The first-order valence-corrected chi connectivity index (χ1v) is 11.3. The summed E-state index contributed by atoms with van der Waals surface area (Å²) in [6.45, 7) is 8.10. The first-order chi connectivity index (χ1) is 15.7. The van der Waals surface area contributed by atoms with Crippen molar-refractivity contribution in [2.75, 3.05) is 7.11 Å². The summed E-state index contributed by atoms with van der Waals surface area (Å²) in [4.78, 5) is 26.4. The molecule has 33 heavy (non-hydrogen) atoms. The number of hydrogen-bond donors (Lipinski definition) is 0. The minimum absolute atomic E-state index is 0.0638. The molecule has 0 amide bonds. The topological polar surface area (TPSA) is 87.0 Å². The van der Waals surface area contributed by atoms with Gasteiger partial charge in [-0.3, -0.25) is 9.59 Å². The maximum Gasteiger partial charge on any atom is 0.316 e. The van der Waals surface area contributed by atoms with E-state index in [4.69, 9.17) is 4.74 Å². The van der Waals surface area contributed by atoms with Crippen LogP contribution in [0.2, 0.25) is 0 Å². The monoisotopic (exact) mass is 448 g/mol. The van der Waals surface area contributed by atoms with Gasteiger partial charge in [0.2, 0.25) is 5.82 Å². The smallest absolute Gasteiger partial charge is 0.316 e. The lowest BCUT2D eigenvalue weighted by atomic mass is 9.91. The molecule has 0 aliphatic carbocycles. The van der Waals surface area contributed by atoms with Crippen molar-refractivity contribution in [1.29, 1.82) is 0 Å². The fraction of sp³-hybridized carbons (Fsp3) is 0.423. The molecule has 0 aliphatic heterocycles. The van der Waals surface area contributed by atoms with Gasteiger partial charge in [-0.2, -0.15) is 4.80 Å². The Morgan fingerprint density at radius 1 is 1.03 bits per heavy atom. The highest BCUT2D eigenvalue weighted by molar-refractivity contribution is 5.99. The van der Waals surface area contributed by atoms with E-state index in [0.717, 1.165) is 35.1 Å². The Morgan fingerprint density at radius 3 is 2.27 bits per heavy atom. The zero-order valence-corrected chi connectivity index (χ0v) is 20.0. The molecule has 3 aromatic rings. The number of tetrazole rings is 1. The summed E-state index contributed by atoms with van der Waals surface area (Å²) >= 11 is 0. The number of carbonyl (C=O) groups is 2. The second kappa shape index (κ2) is 10.5. The largest absolute Gasteiger partial charge is 0.468 e. The summed E-state index contributed by atoms with van der Waals surface area (Å²) in [6, 6.07) is 15.8. The minimum Gasteiger partial charge on any atom is -0.468 e. The number of ether oxygens (including phenoxy) is 1. The summed E-state index contributed by atoms with van der Waals surface area (Å²) in [5.41, 5.74) is 3.53.